The fourth-order valence-corrected chi connectivity index (χ4v) is 7.47. The van der Waals surface area contributed by atoms with Crippen LogP contribution in [0, 0.1) is 6.92 Å². The maximum atomic E-state index is 14.3. The van der Waals surface area contributed by atoms with Gasteiger partial charge in [-0.25, -0.2) is 0 Å². The average Bonchev–Trinajstić information content (AvgIpc) is 3.40. The van der Waals surface area contributed by atoms with Crippen molar-refractivity contribution < 1.29 is 9.59 Å². The number of hydrogen-bond donors (Lipinski definition) is 0. The third-order valence-corrected chi connectivity index (χ3v) is 10.0. The highest BCUT2D eigenvalue weighted by Crippen LogP contribution is 2.35. The molecule has 242 valence electrons. The van der Waals surface area contributed by atoms with Crippen LogP contribution in [0.3, 0.4) is 0 Å². The number of anilines is 1. The summed E-state index contributed by atoms with van der Waals surface area (Å²) in [5, 5.41) is 0. The molecular weight excluding hydrogens is 582 g/mol. The molecule has 47 heavy (non-hydrogen) atoms. The van der Waals surface area contributed by atoms with Crippen LogP contribution >= 0.6 is 0 Å². The van der Waals surface area contributed by atoms with Gasteiger partial charge in [-0.1, -0.05) is 54.6 Å². The van der Waals surface area contributed by atoms with Crippen molar-refractivity contribution >= 4 is 23.1 Å². The van der Waals surface area contributed by atoms with Gasteiger partial charge >= 0.3 is 0 Å². The first-order valence-electron chi connectivity index (χ1n) is 17.0. The van der Waals surface area contributed by atoms with E-state index in [-0.39, 0.29) is 11.8 Å². The Balaban J connectivity index is 1.11. The van der Waals surface area contributed by atoms with Crippen molar-refractivity contribution in [1.82, 2.24) is 19.3 Å². The predicted molar refractivity (Wildman–Crippen MR) is 189 cm³/mol. The minimum absolute atomic E-state index is 0.0296. The predicted octanol–water partition coefficient (Wildman–Crippen LogP) is 6.09. The maximum Gasteiger partial charge on any atom is 0.270 e. The second-order valence-corrected chi connectivity index (χ2v) is 13.5. The molecule has 1 aliphatic carbocycles. The highest BCUT2D eigenvalue weighted by Gasteiger charge is 2.30. The van der Waals surface area contributed by atoms with Gasteiger partial charge in [0.2, 0.25) is 0 Å². The van der Waals surface area contributed by atoms with Gasteiger partial charge in [-0.05, 0) is 117 Å². The third-order valence-electron chi connectivity index (χ3n) is 10.0. The van der Waals surface area contributed by atoms with E-state index in [4.69, 9.17) is 0 Å². The molecule has 2 amide bonds. The summed E-state index contributed by atoms with van der Waals surface area (Å²) in [5.74, 6) is 0.0456. The van der Waals surface area contributed by atoms with Crippen LogP contribution in [0.5, 0.6) is 0 Å². The van der Waals surface area contributed by atoms with Crippen molar-refractivity contribution in [2.24, 2.45) is 0 Å². The lowest BCUT2D eigenvalue weighted by atomic mass is 9.85. The lowest BCUT2D eigenvalue weighted by Gasteiger charge is -2.35. The minimum Gasteiger partial charge on any atom is -0.335 e. The molecule has 4 aromatic rings. The molecule has 1 saturated heterocycles. The second kappa shape index (κ2) is 13.3. The largest absolute Gasteiger partial charge is 0.335 e. The first kappa shape index (κ1) is 31.2. The molecule has 7 rings (SSSR count). The van der Waals surface area contributed by atoms with Gasteiger partial charge in [0.25, 0.3) is 11.8 Å². The highest BCUT2D eigenvalue weighted by molar-refractivity contribution is 6.07. The number of para-hydroxylation sites is 1. The summed E-state index contributed by atoms with van der Waals surface area (Å²) in [5.41, 5.74) is 10.5. The fourth-order valence-electron chi connectivity index (χ4n) is 7.47. The van der Waals surface area contributed by atoms with Gasteiger partial charge < -0.3 is 19.3 Å². The van der Waals surface area contributed by atoms with Crippen LogP contribution in [0.4, 0.5) is 5.69 Å². The van der Waals surface area contributed by atoms with E-state index in [0.717, 1.165) is 81.0 Å². The molecule has 3 aliphatic rings. The first-order valence-corrected chi connectivity index (χ1v) is 17.0. The standard InChI is InChI=1S/C40H45N5O2/c1-29-26-31(16-18-34(29)36-14-8-12-30-10-4-6-13-35(30)36)39(46)45-28-33-17-19-38(44(33)27-32-11-5-7-15-37(32)45)40(47)43-24-22-42(23-25-43)21-9-20-41(2)3/h4-7,10-11,13-19,26H,8-9,12,20-25,27-28H2,1-3H3. The molecule has 0 atom stereocenters. The van der Waals surface area contributed by atoms with E-state index >= 15 is 0 Å². The van der Waals surface area contributed by atoms with E-state index in [1.807, 2.05) is 52.3 Å². The van der Waals surface area contributed by atoms with Crippen LogP contribution < -0.4 is 4.90 Å². The van der Waals surface area contributed by atoms with Crippen LogP contribution in [0.15, 0.2) is 84.9 Å². The Hall–Kier alpha value is -4.46. The summed E-state index contributed by atoms with van der Waals surface area (Å²) in [6, 6.07) is 26.9. The van der Waals surface area contributed by atoms with Crippen molar-refractivity contribution in [3.8, 4) is 0 Å². The second-order valence-electron chi connectivity index (χ2n) is 13.5. The van der Waals surface area contributed by atoms with Gasteiger partial charge in [-0.3, -0.25) is 14.5 Å². The monoisotopic (exact) mass is 627 g/mol. The number of aromatic nitrogens is 1. The molecule has 0 N–H and O–H groups in total. The SMILES string of the molecule is Cc1cc(C(=O)N2Cc3ccc(C(=O)N4CCN(CCCN(C)C)CC4)n3Cc3ccccc32)ccc1C1=CCCc2ccccc21. The Labute approximate surface area is 278 Å². The summed E-state index contributed by atoms with van der Waals surface area (Å²) >= 11 is 0. The molecule has 0 bridgehead atoms. The van der Waals surface area contributed by atoms with Gasteiger partial charge in [0.15, 0.2) is 0 Å². The van der Waals surface area contributed by atoms with Gasteiger partial charge in [0, 0.05) is 43.1 Å². The van der Waals surface area contributed by atoms with Gasteiger partial charge in [0.05, 0.1) is 13.1 Å². The molecule has 1 aromatic heterocycles. The lowest BCUT2D eigenvalue weighted by molar-refractivity contribution is 0.0623. The van der Waals surface area contributed by atoms with Crippen molar-refractivity contribution in [3.05, 3.63) is 130 Å². The Bertz CT molecular complexity index is 1830. The van der Waals surface area contributed by atoms with E-state index < -0.39 is 0 Å². The van der Waals surface area contributed by atoms with Crippen LogP contribution in [-0.2, 0) is 19.5 Å². The molecule has 0 saturated carbocycles. The summed E-state index contributed by atoms with van der Waals surface area (Å²) in [6.07, 6.45) is 5.55. The number of rotatable bonds is 7. The number of carbonyl (C=O) groups excluding carboxylic acids is 2. The van der Waals surface area contributed by atoms with Crippen LogP contribution in [0.25, 0.3) is 5.57 Å². The summed E-state index contributed by atoms with van der Waals surface area (Å²) < 4.78 is 2.12. The third kappa shape index (κ3) is 6.30. The number of aryl methyl sites for hydroxylation is 2. The van der Waals surface area contributed by atoms with Crippen LogP contribution in [0.1, 0.15) is 67.2 Å². The van der Waals surface area contributed by atoms with E-state index in [1.54, 1.807) is 0 Å². The smallest absolute Gasteiger partial charge is 0.270 e. The Morgan fingerprint density at radius 3 is 2.34 bits per heavy atom. The van der Waals surface area contributed by atoms with Gasteiger partial charge in [0.1, 0.15) is 5.69 Å². The molecule has 1 fully saturated rings. The number of amides is 2. The Morgan fingerprint density at radius 2 is 1.55 bits per heavy atom. The average molecular weight is 628 g/mol. The van der Waals surface area contributed by atoms with Crippen molar-refractivity contribution in [2.45, 2.75) is 39.3 Å². The molecular formula is C40H45N5O2. The number of allylic oxidation sites excluding steroid dienone is 1. The molecule has 7 heteroatoms. The molecule has 0 radical (unpaired) electrons. The highest BCUT2D eigenvalue weighted by atomic mass is 16.2. The quantitative estimate of drug-likeness (QED) is 0.249. The Kier molecular flexibility index (Phi) is 8.84. The zero-order valence-electron chi connectivity index (χ0n) is 27.9. The molecule has 3 aromatic carbocycles. The zero-order chi connectivity index (χ0) is 32.5. The van der Waals surface area contributed by atoms with E-state index in [2.05, 4.69) is 77.9 Å². The Morgan fingerprint density at radius 1 is 0.787 bits per heavy atom. The van der Waals surface area contributed by atoms with Crippen LogP contribution in [-0.4, -0.2) is 84.4 Å². The molecule has 7 nitrogen and oxygen atoms in total. The van der Waals surface area contributed by atoms with Crippen LogP contribution in [0.2, 0.25) is 0 Å². The number of carbonyl (C=O) groups is 2. The van der Waals surface area contributed by atoms with Crippen molar-refractivity contribution in [2.75, 3.05) is 58.3 Å². The minimum atomic E-state index is -0.0296. The van der Waals surface area contributed by atoms with Gasteiger partial charge in [-0.2, -0.15) is 0 Å². The van der Waals surface area contributed by atoms with E-state index in [1.165, 1.54) is 22.3 Å². The van der Waals surface area contributed by atoms with E-state index in [0.29, 0.717) is 24.3 Å². The molecule has 3 heterocycles. The molecule has 2 aliphatic heterocycles. The van der Waals surface area contributed by atoms with Crippen molar-refractivity contribution in [3.63, 3.8) is 0 Å². The zero-order valence-corrected chi connectivity index (χ0v) is 27.9. The number of benzene rings is 3. The molecule has 0 unspecified atom stereocenters. The summed E-state index contributed by atoms with van der Waals surface area (Å²) in [4.78, 5) is 36.8. The summed E-state index contributed by atoms with van der Waals surface area (Å²) in [6.45, 7) is 8.49. The van der Waals surface area contributed by atoms with Gasteiger partial charge in [-0.15, -0.1) is 0 Å². The van der Waals surface area contributed by atoms with Crippen molar-refractivity contribution in [1.29, 1.82) is 0 Å². The van der Waals surface area contributed by atoms with E-state index in [9.17, 15) is 9.59 Å². The number of fused-ring (bicyclic) bond motifs is 3. The fraction of sp³-hybridized carbons (Fsp3) is 0.350. The topological polar surface area (TPSA) is 52.0 Å². The lowest BCUT2D eigenvalue weighted by Crippen LogP contribution is -2.49. The number of nitrogens with zero attached hydrogens (tertiary/aromatic N) is 5. The normalized spacial score (nSPS) is 16.3. The number of hydrogen-bond acceptors (Lipinski definition) is 4. The molecule has 0 spiro atoms. The summed E-state index contributed by atoms with van der Waals surface area (Å²) in [7, 11) is 4.22. The first-order chi connectivity index (χ1) is 22.9. The maximum absolute atomic E-state index is 14.3. The number of piperazine rings is 1.